The summed E-state index contributed by atoms with van der Waals surface area (Å²) in [6, 6.07) is 16.2. The van der Waals surface area contributed by atoms with Crippen molar-refractivity contribution >= 4 is 68.8 Å². The molecule has 0 saturated carbocycles. The second-order valence-corrected chi connectivity index (χ2v) is 13.0. The molecule has 0 amide bonds. The quantitative estimate of drug-likeness (QED) is 0.117. The van der Waals surface area contributed by atoms with Gasteiger partial charge in [-0.3, -0.25) is 0 Å². The Morgan fingerprint density at radius 2 is 1.41 bits per heavy atom. The topological polar surface area (TPSA) is 104 Å². The minimum absolute atomic E-state index is 0.298. The number of halogens is 2. The van der Waals surface area contributed by atoms with E-state index in [-0.39, 0.29) is 0 Å². The highest BCUT2D eigenvalue weighted by Gasteiger charge is 2.12. The van der Waals surface area contributed by atoms with Crippen molar-refractivity contribution in [1.82, 2.24) is 9.97 Å². The van der Waals surface area contributed by atoms with Crippen molar-refractivity contribution in [1.29, 1.82) is 0 Å². The first-order valence-corrected chi connectivity index (χ1v) is 16.5. The smallest absolute Gasteiger partial charge is 0.477 e. The zero-order chi connectivity index (χ0) is 30.4. The van der Waals surface area contributed by atoms with E-state index in [0.29, 0.717) is 25.8 Å². The van der Waals surface area contributed by atoms with Gasteiger partial charge in [-0.05, 0) is 72.1 Å². The number of rotatable bonds is 10. The summed E-state index contributed by atoms with van der Waals surface area (Å²) >= 11 is 11.8. The summed E-state index contributed by atoms with van der Waals surface area (Å²) < 4.78 is 0.613. The molecule has 220 valence electrons. The summed E-state index contributed by atoms with van der Waals surface area (Å²) in [5.41, 5.74) is 6.03. The van der Waals surface area contributed by atoms with Crippen LogP contribution in [0.25, 0.3) is 10.6 Å². The van der Waals surface area contributed by atoms with Crippen LogP contribution in [-0.2, 0) is 18.7 Å². The number of hydrogen-bond donors (Lipinski definition) is 3. The van der Waals surface area contributed by atoms with E-state index in [0.717, 1.165) is 28.5 Å². The molecule has 0 spiro atoms. The Hall–Kier alpha value is -2.08. The van der Waals surface area contributed by atoms with Crippen molar-refractivity contribution in [3.05, 3.63) is 84.7 Å². The van der Waals surface area contributed by atoms with Gasteiger partial charge in [0, 0.05) is 10.4 Å². The molecule has 6 nitrogen and oxygen atoms in total. The van der Waals surface area contributed by atoms with Gasteiger partial charge in [0.15, 0.2) is 3.92 Å². The van der Waals surface area contributed by atoms with E-state index in [1.807, 2.05) is 19.1 Å². The van der Waals surface area contributed by atoms with E-state index < -0.39 is 13.1 Å². The van der Waals surface area contributed by atoms with Crippen LogP contribution in [0, 0.1) is 13.8 Å². The summed E-state index contributed by atoms with van der Waals surface area (Å²) in [6.45, 7) is 8.07. The molecule has 4 rings (SSSR count). The third-order valence-electron chi connectivity index (χ3n) is 6.10. The Morgan fingerprint density at radius 1 is 0.878 bits per heavy atom. The molecule has 2 heterocycles. The average molecular weight is 680 g/mol. The number of unbranched alkanes of at least 4 members (excludes halogenated alkanes) is 2. The van der Waals surface area contributed by atoms with Crippen LogP contribution in [-0.4, -0.2) is 38.2 Å². The van der Waals surface area contributed by atoms with Crippen molar-refractivity contribution in [2.24, 2.45) is 0 Å². The van der Waals surface area contributed by atoms with Crippen LogP contribution in [0.15, 0.2) is 52.4 Å². The Morgan fingerprint density at radius 3 is 1.78 bits per heavy atom. The summed E-state index contributed by atoms with van der Waals surface area (Å²) in [5.74, 6) is -0.362. The van der Waals surface area contributed by atoms with Crippen molar-refractivity contribution in [3.63, 3.8) is 0 Å². The molecular formula is C30H37BBrClN2O4S2. The van der Waals surface area contributed by atoms with Crippen molar-refractivity contribution in [2.45, 2.75) is 72.1 Å². The lowest BCUT2D eigenvalue weighted by Gasteiger charge is -2.02. The van der Waals surface area contributed by atoms with Gasteiger partial charge < -0.3 is 15.2 Å². The van der Waals surface area contributed by atoms with E-state index in [9.17, 15) is 4.79 Å². The molecule has 0 unspecified atom stereocenters. The molecule has 0 radical (unpaired) electrons. The number of hydrogen-bond acceptors (Lipinski definition) is 7. The third-order valence-corrected chi connectivity index (χ3v) is 9.32. The lowest BCUT2D eigenvalue weighted by molar-refractivity contribution is 0.0701. The number of aryl methyl sites for hydroxylation is 4. The number of aromatic carboxylic acids is 1. The van der Waals surface area contributed by atoms with Crippen LogP contribution in [0.2, 0.25) is 0 Å². The van der Waals surface area contributed by atoms with E-state index >= 15 is 0 Å². The minimum Gasteiger partial charge on any atom is -0.477 e. The summed E-state index contributed by atoms with van der Waals surface area (Å²) in [4.78, 5) is 20.3. The zero-order valence-electron chi connectivity index (χ0n) is 23.9. The predicted molar refractivity (Wildman–Crippen MR) is 177 cm³/mol. The van der Waals surface area contributed by atoms with Gasteiger partial charge in [-0.2, -0.15) is 0 Å². The fourth-order valence-electron chi connectivity index (χ4n) is 3.67. The molecule has 11 heteroatoms. The van der Waals surface area contributed by atoms with Crippen LogP contribution in [0.1, 0.15) is 76.6 Å². The standard InChI is InChI=1S/C15H18ClNS.C10H15BO2.C5H4BrNO2S/c1-3-4-5-12-6-8-13(9-7-12)15-17-11(2)14(10-16)18-15;1-2-3-4-9-5-7-10(8-6-9)11(12)13;1-2-3(4(8)9)10-5(6)7-2/h6-9H,3-5,10H2,1-2H3;5-8,12-13H,2-4H2,1H3;1H3,(H,8,9). The number of benzene rings is 2. The number of carboxylic acid groups (broad SMARTS) is 1. The molecule has 41 heavy (non-hydrogen) atoms. The molecule has 0 aliphatic heterocycles. The van der Waals surface area contributed by atoms with E-state index in [4.69, 9.17) is 26.8 Å². The summed E-state index contributed by atoms with van der Waals surface area (Å²) in [7, 11) is -1.35. The highest BCUT2D eigenvalue weighted by Crippen LogP contribution is 2.29. The molecule has 3 N–H and O–H groups in total. The molecule has 0 aliphatic carbocycles. The number of carboxylic acids is 1. The van der Waals surface area contributed by atoms with Gasteiger partial charge in [-0.15, -0.1) is 22.9 Å². The first kappa shape index (κ1) is 35.1. The largest absolute Gasteiger partial charge is 0.488 e. The van der Waals surface area contributed by atoms with Crippen LogP contribution >= 0.6 is 50.2 Å². The molecule has 0 aliphatic rings. The number of alkyl halides is 1. The molecule has 0 atom stereocenters. The Labute approximate surface area is 264 Å². The molecule has 4 aromatic rings. The third kappa shape index (κ3) is 12.0. The predicted octanol–water partition coefficient (Wildman–Crippen LogP) is 7.82. The zero-order valence-corrected chi connectivity index (χ0v) is 27.8. The van der Waals surface area contributed by atoms with Crippen LogP contribution in [0.3, 0.4) is 0 Å². The van der Waals surface area contributed by atoms with Crippen LogP contribution < -0.4 is 5.46 Å². The van der Waals surface area contributed by atoms with E-state index in [1.54, 1.807) is 30.4 Å². The van der Waals surface area contributed by atoms with Gasteiger partial charge in [-0.25, -0.2) is 14.8 Å². The molecule has 0 saturated heterocycles. The maximum absolute atomic E-state index is 10.4. The van der Waals surface area contributed by atoms with E-state index in [1.165, 1.54) is 53.7 Å². The number of nitrogens with zero attached hydrogens (tertiary/aromatic N) is 2. The minimum atomic E-state index is -1.35. The molecular weight excluding hydrogens is 643 g/mol. The highest BCUT2D eigenvalue weighted by molar-refractivity contribution is 9.11. The van der Waals surface area contributed by atoms with Crippen LogP contribution in [0.4, 0.5) is 0 Å². The lowest BCUT2D eigenvalue weighted by Crippen LogP contribution is -2.29. The van der Waals surface area contributed by atoms with Crippen molar-refractivity contribution in [3.8, 4) is 10.6 Å². The highest BCUT2D eigenvalue weighted by atomic mass is 79.9. The van der Waals surface area contributed by atoms with Crippen molar-refractivity contribution < 1.29 is 19.9 Å². The summed E-state index contributed by atoms with van der Waals surface area (Å²) in [6.07, 6.45) is 7.10. The monoisotopic (exact) mass is 678 g/mol. The Kier molecular flexibility index (Phi) is 15.8. The first-order chi connectivity index (χ1) is 19.6. The second-order valence-electron chi connectivity index (χ2n) is 9.37. The number of carbonyl (C=O) groups is 1. The van der Waals surface area contributed by atoms with Gasteiger partial charge >= 0.3 is 13.1 Å². The van der Waals surface area contributed by atoms with Gasteiger partial charge in [0.05, 0.1) is 17.3 Å². The maximum atomic E-state index is 10.4. The normalized spacial score (nSPS) is 10.3. The molecule has 0 fully saturated rings. The number of aromatic nitrogens is 2. The fraction of sp³-hybridized carbons (Fsp3) is 0.367. The Balaban J connectivity index is 0.000000226. The van der Waals surface area contributed by atoms with Gasteiger partial charge in [0.1, 0.15) is 9.88 Å². The SMILES string of the molecule is CCCCc1ccc(-c2nc(C)c(CCl)s2)cc1.CCCCc1ccc(B(O)O)cc1.Cc1nc(Br)sc1C(=O)O. The Bertz CT molecular complexity index is 1350. The van der Waals surface area contributed by atoms with Gasteiger partial charge in [0.2, 0.25) is 0 Å². The summed E-state index contributed by atoms with van der Waals surface area (Å²) in [5, 5.41) is 27.3. The second kappa shape index (κ2) is 18.5. The fourth-order valence-corrected chi connectivity index (χ4v) is 6.33. The van der Waals surface area contributed by atoms with Gasteiger partial charge in [-0.1, -0.05) is 86.6 Å². The average Bonchev–Trinajstić information content (AvgIpc) is 3.52. The van der Waals surface area contributed by atoms with Crippen molar-refractivity contribution in [2.75, 3.05) is 0 Å². The molecule has 0 bridgehead atoms. The lowest BCUT2D eigenvalue weighted by atomic mass is 9.80. The molecule has 2 aromatic carbocycles. The van der Waals surface area contributed by atoms with Gasteiger partial charge in [0.25, 0.3) is 0 Å². The maximum Gasteiger partial charge on any atom is 0.488 e. The first-order valence-electron chi connectivity index (χ1n) is 13.5. The molecule has 2 aromatic heterocycles. The number of thiazole rings is 2. The van der Waals surface area contributed by atoms with Crippen LogP contribution in [0.5, 0.6) is 0 Å². The van der Waals surface area contributed by atoms with E-state index in [2.05, 4.69) is 64.0 Å².